The van der Waals surface area contributed by atoms with E-state index in [0.717, 1.165) is 22.3 Å². The summed E-state index contributed by atoms with van der Waals surface area (Å²) in [6, 6.07) is 18.6. The summed E-state index contributed by atoms with van der Waals surface area (Å²) in [6.07, 6.45) is 1.81. The van der Waals surface area contributed by atoms with Crippen molar-refractivity contribution in [2.24, 2.45) is 0 Å². The zero-order valence-corrected chi connectivity index (χ0v) is 16.4. The van der Waals surface area contributed by atoms with Gasteiger partial charge in [-0.3, -0.25) is 4.57 Å². The second kappa shape index (κ2) is 7.27. The van der Waals surface area contributed by atoms with Crippen LogP contribution in [0.4, 0.5) is 0 Å². The van der Waals surface area contributed by atoms with E-state index in [1.54, 1.807) is 21.3 Å². The molecule has 0 aliphatic carbocycles. The molecule has 0 saturated heterocycles. The number of imidazole rings is 1. The van der Waals surface area contributed by atoms with E-state index < -0.39 is 0 Å². The van der Waals surface area contributed by atoms with E-state index in [0.29, 0.717) is 17.2 Å². The molecule has 142 valence electrons. The Labute approximate surface area is 164 Å². The molecule has 5 nitrogen and oxygen atoms in total. The van der Waals surface area contributed by atoms with Crippen LogP contribution in [0.1, 0.15) is 5.56 Å². The minimum Gasteiger partial charge on any atom is -0.493 e. The van der Waals surface area contributed by atoms with E-state index in [4.69, 9.17) is 14.2 Å². The van der Waals surface area contributed by atoms with Gasteiger partial charge < -0.3 is 14.2 Å². The maximum atomic E-state index is 5.50. The Hall–Kier alpha value is -3.47. The minimum atomic E-state index is 0.568. The lowest BCUT2D eigenvalue weighted by Crippen LogP contribution is -1.99. The average molecular weight is 374 g/mol. The highest BCUT2D eigenvalue weighted by molar-refractivity contribution is 5.84. The Morgan fingerprint density at radius 2 is 1.50 bits per heavy atom. The van der Waals surface area contributed by atoms with Crippen LogP contribution in [0.25, 0.3) is 27.8 Å². The standard InChI is InChI=1S/C23H22N2O3/c1-15-6-5-7-16(10-15)17-8-9-19-20(11-17)25(14-24-19)18-12-21(26-2)23(28-4)22(13-18)27-3/h5-14H,1-4H3. The SMILES string of the molecule is COc1cc(-n2cnc3ccc(-c4cccc(C)c4)cc32)cc(OC)c1OC. The van der Waals surface area contributed by atoms with Crippen molar-refractivity contribution in [1.29, 1.82) is 0 Å². The Balaban J connectivity index is 1.89. The van der Waals surface area contributed by atoms with Crippen molar-refractivity contribution in [1.82, 2.24) is 9.55 Å². The number of benzene rings is 3. The number of rotatable bonds is 5. The van der Waals surface area contributed by atoms with Crippen molar-refractivity contribution in [3.05, 3.63) is 66.5 Å². The molecule has 28 heavy (non-hydrogen) atoms. The molecular formula is C23H22N2O3. The zero-order valence-electron chi connectivity index (χ0n) is 16.4. The van der Waals surface area contributed by atoms with Crippen LogP contribution < -0.4 is 14.2 Å². The Morgan fingerprint density at radius 3 is 2.14 bits per heavy atom. The molecule has 3 aromatic carbocycles. The molecule has 0 fully saturated rings. The highest BCUT2D eigenvalue weighted by Crippen LogP contribution is 2.40. The predicted molar refractivity (Wildman–Crippen MR) is 111 cm³/mol. The topological polar surface area (TPSA) is 45.5 Å². The third kappa shape index (κ3) is 3.05. The largest absolute Gasteiger partial charge is 0.493 e. The van der Waals surface area contributed by atoms with Crippen molar-refractivity contribution in [3.63, 3.8) is 0 Å². The lowest BCUT2D eigenvalue weighted by molar-refractivity contribution is 0.324. The molecule has 0 amide bonds. The number of aromatic nitrogens is 2. The highest BCUT2D eigenvalue weighted by atomic mass is 16.5. The van der Waals surface area contributed by atoms with Gasteiger partial charge in [0.1, 0.15) is 6.33 Å². The normalized spacial score (nSPS) is 10.9. The lowest BCUT2D eigenvalue weighted by Gasteiger charge is -2.15. The van der Waals surface area contributed by atoms with Crippen molar-refractivity contribution in [2.75, 3.05) is 21.3 Å². The van der Waals surface area contributed by atoms with Crippen LogP contribution >= 0.6 is 0 Å². The van der Waals surface area contributed by atoms with Gasteiger partial charge in [0.15, 0.2) is 11.5 Å². The van der Waals surface area contributed by atoms with E-state index in [1.807, 2.05) is 29.1 Å². The van der Waals surface area contributed by atoms with Crippen molar-refractivity contribution in [2.45, 2.75) is 6.92 Å². The van der Waals surface area contributed by atoms with Crippen molar-refractivity contribution < 1.29 is 14.2 Å². The molecule has 0 N–H and O–H groups in total. The summed E-state index contributed by atoms with van der Waals surface area (Å²) < 4.78 is 18.5. The molecule has 0 atom stereocenters. The summed E-state index contributed by atoms with van der Waals surface area (Å²) in [4.78, 5) is 4.55. The van der Waals surface area contributed by atoms with E-state index in [1.165, 1.54) is 11.1 Å². The maximum Gasteiger partial charge on any atom is 0.203 e. The Morgan fingerprint density at radius 1 is 0.786 bits per heavy atom. The molecule has 0 saturated carbocycles. The summed E-state index contributed by atoms with van der Waals surface area (Å²) >= 11 is 0. The van der Waals surface area contributed by atoms with Crippen LogP contribution in [0.5, 0.6) is 17.2 Å². The number of methoxy groups -OCH3 is 3. The molecule has 0 bridgehead atoms. The predicted octanol–water partition coefficient (Wildman–Crippen LogP) is 5.03. The van der Waals surface area contributed by atoms with Crippen molar-refractivity contribution >= 4 is 11.0 Å². The summed E-state index contributed by atoms with van der Waals surface area (Å²) in [5.74, 6) is 1.78. The van der Waals surface area contributed by atoms with Gasteiger partial charge in [0.05, 0.1) is 38.1 Å². The molecule has 5 heteroatoms. The molecular weight excluding hydrogens is 352 g/mol. The fraction of sp³-hybridized carbons (Fsp3) is 0.174. The van der Waals surface area contributed by atoms with Gasteiger partial charge in [0.25, 0.3) is 0 Å². The third-order valence-electron chi connectivity index (χ3n) is 4.83. The van der Waals surface area contributed by atoms with Crippen LogP contribution in [0.2, 0.25) is 0 Å². The van der Waals surface area contributed by atoms with Gasteiger partial charge in [-0.05, 0) is 30.2 Å². The number of ether oxygens (including phenoxy) is 3. The molecule has 0 unspecified atom stereocenters. The average Bonchev–Trinajstić information content (AvgIpc) is 3.15. The molecule has 1 heterocycles. The van der Waals surface area contributed by atoms with Gasteiger partial charge >= 0.3 is 0 Å². The number of aryl methyl sites for hydroxylation is 1. The van der Waals surface area contributed by atoms with Crippen LogP contribution in [0.15, 0.2) is 60.9 Å². The maximum absolute atomic E-state index is 5.50. The number of hydrogen-bond acceptors (Lipinski definition) is 4. The third-order valence-corrected chi connectivity index (χ3v) is 4.83. The summed E-state index contributed by atoms with van der Waals surface area (Å²) in [5.41, 5.74) is 6.37. The van der Waals surface area contributed by atoms with Crippen molar-refractivity contribution in [3.8, 4) is 34.1 Å². The van der Waals surface area contributed by atoms with Gasteiger partial charge in [-0.2, -0.15) is 0 Å². The lowest BCUT2D eigenvalue weighted by atomic mass is 10.0. The molecule has 0 radical (unpaired) electrons. The fourth-order valence-electron chi connectivity index (χ4n) is 3.42. The Kier molecular flexibility index (Phi) is 4.65. The van der Waals surface area contributed by atoms with Gasteiger partial charge in [-0.1, -0.05) is 35.9 Å². The zero-order chi connectivity index (χ0) is 19.7. The second-order valence-electron chi connectivity index (χ2n) is 6.57. The van der Waals surface area contributed by atoms with Gasteiger partial charge in [-0.15, -0.1) is 0 Å². The van der Waals surface area contributed by atoms with E-state index in [2.05, 4.69) is 48.3 Å². The van der Waals surface area contributed by atoms with Crippen LogP contribution in [0, 0.1) is 6.92 Å². The molecule has 4 aromatic rings. The molecule has 0 aliphatic rings. The van der Waals surface area contributed by atoms with E-state index >= 15 is 0 Å². The molecule has 0 aliphatic heterocycles. The Bertz CT molecular complexity index is 1120. The van der Waals surface area contributed by atoms with Crippen LogP contribution in [-0.4, -0.2) is 30.9 Å². The minimum absolute atomic E-state index is 0.568. The summed E-state index contributed by atoms with van der Waals surface area (Å²) in [7, 11) is 4.83. The first-order valence-corrected chi connectivity index (χ1v) is 8.99. The number of fused-ring (bicyclic) bond motifs is 1. The van der Waals surface area contributed by atoms with Crippen LogP contribution in [-0.2, 0) is 0 Å². The molecule has 0 spiro atoms. The second-order valence-corrected chi connectivity index (χ2v) is 6.57. The van der Waals surface area contributed by atoms with Crippen LogP contribution in [0.3, 0.4) is 0 Å². The highest BCUT2D eigenvalue weighted by Gasteiger charge is 2.15. The first kappa shape index (κ1) is 17.9. The summed E-state index contributed by atoms with van der Waals surface area (Å²) in [5, 5.41) is 0. The van der Waals surface area contributed by atoms with E-state index in [-0.39, 0.29) is 0 Å². The van der Waals surface area contributed by atoms with Gasteiger partial charge in [0, 0.05) is 12.1 Å². The quantitative estimate of drug-likeness (QED) is 0.492. The van der Waals surface area contributed by atoms with Gasteiger partial charge in [0.2, 0.25) is 5.75 Å². The number of nitrogens with zero attached hydrogens (tertiary/aromatic N) is 2. The van der Waals surface area contributed by atoms with Gasteiger partial charge in [-0.25, -0.2) is 4.98 Å². The first-order valence-electron chi connectivity index (χ1n) is 8.99. The van der Waals surface area contributed by atoms with E-state index in [9.17, 15) is 0 Å². The smallest absolute Gasteiger partial charge is 0.203 e. The summed E-state index contributed by atoms with van der Waals surface area (Å²) in [6.45, 7) is 2.10. The molecule has 4 rings (SSSR count). The monoisotopic (exact) mass is 374 g/mol. The first-order chi connectivity index (χ1) is 13.6. The fourth-order valence-corrected chi connectivity index (χ4v) is 3.42. The number of hydrogen-bond donors (Lipinski definition) is 0. The molecule has 1 aromatic heterocycles.